The van der Waals surface area contributed by atoms with Gasteiger partial charge in [0.15, 0.2) is 0 Å². The van der Waals surface area contributed by atoms with Crippen LogP contribution >= 0.6 is 0 Å². The minimum Gasteiger partial charge on any atom is -0.309 e. The average Bonchev–Trinajstić information content (AvgIpc) is 1.59. The summed E-state index contributed by atoms with van der Waals surface area (Å²) < 4.78 is 9.20. The molecule has 0 spiro atoms. The fraction of sp³-hybridized carbons (Fsp3) is 0.0472. The van der Waals surface area contributed by atoms with Crippen molar-refractivity contribution >= 4 is 87.2 Å². The van der Waals surface area contributed by atoms with Gasteiger partial charge in [-0.25, -0.2) is 0 Å². The van der Waals surface area contributed by atoms with Crippen LogP contribution in [0, 0.1) is 84.4 Å². The maximum absolute atomic E-state index is 11.2. The molecule has 20 rings (SSSR count). The molecule has 0 fully saturated rings. The number of hydrogen-bond donors (Lipinski definition) is 0. The van der Waals surface area contributed by atoms with E-state index in [0.717, 1.165) is 193 Å². The highest BCUT2D eigenvalue weighted by Gasteiger charge is 2.27. The minimum absolute atomic E-state index is 0.484. The van der Waals surface area contributed by atoms with Crippen molar-refractivity contribution < 1.29 is 0 Å². The smallest absolute Gasteiger partial charge is 0.0998 e. The number of nitrogens with zero attached hydrogens (tertiary/aromatic N) is 9. The Hall–Kier alpha value is -15.8. The molecule has 9 nitrogen and oxygen atoms in total. The number of para-hydroxylation sites is 4. The molecular formula is C106H67N9. The molecule has 0 N–H and O–H groups in total. The minimum atomic E-state index is 0.484. The summed E-state index contributed by atoms with van der Waals surface area (Å²) in [6, 6.07) is 124. The lowest BCUT2D eigenvalue weighted by atomic mass is 9.92. The summed E-state index contributed by atoms with van der Waals surface area (Å²) in [6.07, 6.45) is 0.560. The Morgan fingerprint density at radius 3 is 1.10 bits per heavy atom. The molecule has 0 amide bonds. The average molecular weight is 1470 g/mol. The predicted molar refractivity (Wildman–Crippen MR) is 468 cm³/mol. The molecule has 0 unspecified atom stereocenters. The van der Waals surface area contributed by atoms with E-state index in [1.807, 2.05) is 72.8 Å². The molecule has 0 radical (unpaired) electrons. The molecule has 9 heteroatoms. The second-order valence-electron chi connectivity index (χ2n) is 30.1. The number of fused-ring (bicyclic) bond motifs is 12. The Labute approximate surface area is 664 Å². The van der Waals surface area contributed by atoms with Gasteiger partial charge in [0.1, 0.15) is 0 Å². The molecule has 0 saturated carbocycles. The standard InChI is InChI=1S/C106H67N9/c1-64-30-40-81(66(3)48-64)76-39-47-100-90(57-76)86-23-8-12-27-96(86)115(100)104-29-15-19-79(62-110)106(104)92-53-70(60-108)33-43-102(92)113-94-25-10-6-22-85(94)89-58-77(38-46-98(89)113)82-41-32-68(50-67(82)4)51-72-34-35-73(54-80(72)63-111)75-37-44-97-87(56-75)83-20-5-9-24-93(83)112(97)101-42-31-65(2)49-91(101)105-78(61-109)18-14-28-103(105)114-95-26-11-7-21-84(95)88-55-74(36-45-99(88)114)71-17-13-16-69(52-71)59-107/h5-50,52-58H,51H2,1-4H3. The van der Waals surface area contributed by atoms with Crippen LogP contribution in [0.4, 0.5) is 0 Å². The fourth-order valence-electron chi connectivity index (χ4n) is 18.2. The number of rotatable bonds is 12. The van der Waals surface area contributed by atoms with E-state index in [1.165, 1.54) is 16.7 Å². The lowest BCUT2D eigenvalue weighted by molar-refractivity contribution is 1.15. The second kappa shape index (κ2) is 27.3. The number of hydrogen-bond acceptors (Lipinski definition) is 5. The molecule has 16 aromatic carbocycles. The topological polar surface area (TPSA) is 139 Å². The van der Waals surface area contributed by atoms with Gasteiger partial charge in [-0.1, -0.05) is 187 Å². The van der Waals surface area contributed by atoms with Crippen molar-refractivity contribution in [2.24, 2.45) is 0 Å². The second-order valence-corrected chi connectivity index (χ2v) is 30.1. The zero-order chi connectivity index (χ0) is 77.9. The normalized spacial score (nSPS) is 11.5. The zero-order valence-electron chi connectivity index (χ0n) is 63.3. The molecule has 536 valence electrons. The highest BCUT2D eigenvalue weighted by molar-refractivity contribution is 6.16. The van der Waals surface area contributed by atoms with E-state index in [1.54, 1.807) is 0 Å². The molecule has 0 saturated heterocycles. The number of aryl methyl sites for hydroxylation is 4. The summed E-state index contributed by atoms with van der Waals surface area (Å²) in [5, 5.41) is 62.4. The molecule has 4 heterocycles. The van der Waals surface area contributed by atoms with E-state index in [2.05, 4.69) is 325 Å². The highest BCUT2D eigenvalue weighted by atomic mass is 15.0. The van der Waals surface area contributed by atoms with Gasteiger partial charge in [-0.3, -0.25) is 0 Å². The first-order valence-corrected chi connectivity index (χ1v) is 38.5. The van der Waals surface area contributed by atoms with Crippen molar-refractivity contribution in [3.05, 3.63) is 383 Å². The first kappa shape index (κ1) is 68.4. The quantitative estimate of drug-likeness (QED) is 0.120. The van der Waals surface area contributed by atoms with E-state index in [4.69, 9.17) is 0 Å². The lowest BCUT2D eigenvalue weighted by Crippen LogP contribution is -2.04. The van der Waals surface area contributed by atoms with Gasteiger partial charge in [0, 0.05) is 65.3 Å². The van der Waals surface area contributed by atoms with Gasteiger partial charge in [-0.2, -0.15) is 26.3 Å². The van der Waals surface area contributed by atoms with Crippen LogP contribution in [-0.4, -0.2) is 18.3 Å². The third-order valence-corrected chi connectivity index (χ3v) is 23.4. The van der Waals surface area contributed by atoms with E-state index in [0.29, 0.717) is 34.2 Å². The summed E-state index contributed by atoms with van der Waals surface area (Å²) in [6.45, 7) is 8.55. The van der Waals surface area contributed by atoms with E-state index in [9.17, 15) is 26.3 Å². The summed E-state index contributed by atoms with van der Waals surface area (Å²) in [4.78, 5) is 0. The number of aromatic nitrogens is 4. The number of benzene rings is 16. The highest BCUT2D eigenvalue weighted by Crippen LogP contribution is 2.48. The summed E-state index contributed by atoms with van der Waals surface area (Å²) >= 11 is 0. The Morgan fingerprint density at radius 1 is 0.235 bits per heavy atom. The van der Waals surface area contributed by atoms with Gasteiger partial charge < -0.3 is 18.3 Å². The maximum atomic E-state index is 11.2. The van der Waals surface area contributed by atoms with Crippen molar-refractivity contribution in [2.75, 3.05) is 0 Å². The van der Waals surface area contributed by atoms with Crippen LogP contribution in [0.15, 0.2) is 322 Å². The molecule has 0 bridgehead atoms. The summed E-state index contributed by atoms with van der Waals surface area (Å²) in [7, 11) is 0. The van der Waals surface area contributed by atoms with Crippen LogP contribution in [0.2, 0.25) is 0 Å². The third kappa shape index (κ3) is 11.2. The van der Waals surface area contributed by atoms with Gasteiger partial charge in [-0.05, 0) is 246 Å². The lowest BCUT2D eigenvalue weighted by Gasteiger charge is -2.20. The Bertz CT molecular complexity index is 7820. The molecule has 115 heavy (non-hydrogen) atoms. The maximum Gasteiger partial charge on any atom is 0.0998 e. The van der Waals surface area contributed by atoms with Crippen molar-refractivity contribution in [2.45, 2.75) is 34.1 Å². The van der Waals surface area contributed by atoms with Crippen LogP contribution in [-0.2, 0) is 6.42 Å². The summed E-state index contributed by atoms with van der Waals surface area (Å²) in [5.41, 5.74) is 32.5. The van der Waals surface area contributed by atoms with Crippen molar-refractivity contribution in [1.82, 2.24) is 18.3 Å². The van der Waals surface area contributed by atoms with Crippen LogP contribution in [0.1, 0.15) is 61.2 Å². The molecule has 0 aliphatic carbocycles. The predicted octanol–water partition coefficient (Wildman–Crippen LogP) is 26.3. The number of nitriles is 5. The molecular weight excluding hydrogens is 1400 g/mol. The summed E-state index contributed by atoms with van der Waals surface area (Å²) in [5.74, 6) is 0. The van der Waals surface area contributed by atoms with Gasteiger partial charge in [-0.15, -0.1) is 0 Å². The van der Waals surface area contributed by atoms with E-state index >= 15 is 0 Å². The monoisotopic (exact) mass is 1470 g/mol. The zero-order valence-corrected chi connectivity index (χ0v) is 63.3. The van der Waals surface area contributed by atoms with Crippen LogP contribution in [0.25, 0.3) is 177 Å². The molecule has 0 aliphatic heterocycles. The molecule has 0 aliphatic rings. The van der Waals surface area contributed by atoms with Crippen molar-refractivity contribution in [1.29, 1.82) is 26.3 Å². The van der Waals surface area contributed by atoms with Crippen LogP contribution in [0.5, 0.6) is 0 Å². The van der Waals surface area contributed by atoms with Gasteiger partial charge in [0.2, 0.25) is 0 Å². The Kier molecular flexibility index (Phi) is 16.3. The Balaban J connectivity index is 0.627. The van der Waals surface area contributed by atoms with Crippen molar-refractivity contribution in [3.63, 3.8) is 0 Å². The fourth-order valence-corrected chi connectivity index (χ4v) is 18.2. The van der Waals surface area contributed by atoms with Gasteiger partial charge in [0.25, 0.3) is 0 Å². The largest absolute Gasteiger partial charge is 0.309 e. The molecule has 20 aromatic rings. The van der Waals surface area contributed by atoms with Gasteiger partial charge in [0.05, 0.1) is 125 Å². The first-order valence-electron chi connectivity index (χ1n) is 38.5. The third-order valence-electron chi connectivity index (χ3n) is 23.4. The van der Waals surface area contributed by atoms with E-state index < -0.39 is 0 Å². The molecule has 0 atom stereocenters. The van der Waals surface area contributed by atoms with Gasteiger partial charge >= 0.3 is 0 Å². The van der Waals surface area contributed by atoms with E-state index in [-0.39, 0.29) is 0 Å². The SMILES string of the molecule is Cc1ccc(-c2ccc3c(c2)c2ccccc2n3-c2cccc(C#N)c2-c2cc(C#N)ccc2-n2c3ccccc3c3cc(-c4ccc(Cc5ccc(-c6ccc7c(c6)c6ccccc6n7-c6ccc(C)cc6-c6c(C#N)cccc6-n6c7ccccc7c7cc(-c8cccc(C#N)c8)ccc76)cc5C#N)cc4C)ccc32)c(C)c1. The molecule has 4 aromatic heterocycles. The van der Waals surface area contributed by atoms with Crippen molar-refractivity contribution in [3.8, 4) is 120 Å². The van der Waals surface area contributed by atoms with Crippen LogP contribution < -0.4 is 0 Å². The van der Waals surface area contributed by atoms with Crippen LogP contribution in [0.3, 0.4) is 0 Å². The Morgan fingerprint density at radius 2 is 0.617 bits per heavy atom. The first-order chi connectivity index (χ1) is 56.4.